The van der Waals surface area contributed by atoms with Crippen LogP contribution < -0.4 is 0 Å². The molecule has 1 rings (SSSR count). The summed E-state index contributed by atoms with van der Waals surface area (Å²) in [6, 6.07) is -1.76. The zero-order valence-corrected chi connectivity index (χ0v) is 4.82. The van der Waals surface area contributed by atoms with E-state index in [1.807, 2.05) is 0 Å². The van der Waals surface area contributed by atoms with Crippen LogP contribution in [0.25, 0.3) is 0 Å². The Morgan fingerprint density at radius 1 is 1.75 bits per heavy atom. The van der Waals surface area contributed by atoms with E-state index in [1.165, 1.54) is 7.11 Å². The second-order valence-electron chi connectivity index (χ2n) is 1.82. The Morgan fingerprint density at radius 2 is 2.50 bits per heavy atom. The third-order valence-electron chi connectivity index (χ3n) is 1.24. The van der Waals surface area contributed by atoms with Crippen LogP contribution >= 0.6 is 0 Å². The minimum absolute atomic E-state index is 0.365. The van der Waals surface area contributed by atoms with Gasteiger partial charge in [-0.05, 0) is 6.42 Å². The number of ether oxygens (including phenoxy) is 2. The first-order valence-electron chi connectivity index (χ1n) is 2.65. The first-order valence-corrected chi connectivity index (χ1v) is 2.65. The fraction of sp³-hybridized carbons (Fsp3) is 1.00. The predicted octanol–water partition coefficient (Wildman–Crippen LogP) is 1.07. The maximum atomic E-state index is 12.6. The van der Waals surface area contributed by atoms with Crippen molar-refractivity contribution < 1.29 is 13.9 Å². The molecule has 1 heterocycles. The van der Waals surface area contributed by atoms with E-state index in [4.69, 9.17) is 0 Å². The Kier molecular flexibility index (Phi) is 1.49. The summed E-state index contributed by atoms with van der Waals surface area (Å²) in [5.74, 6) is 0. The molecule has 1 saturated heterocycles. The summed E-state index contributed by atoms with van der Waals surface area (Å²) in [4.78, 5) is 0. The van der Waals surface area contributed by atoms with Gasteiger partial charge in [-0.25, -0.2) is 0 Å². The van der Waals surface area contributed by atoms with Crippen molar-refractivity contribution in [3.8, 4) is 0 Å². The quantitative estimate of drug-likeness (QED) is 0.515. The average molecular weight is 120 g/mol. The van der Waals surface area contributed by atoms with Gasteiger partial charge in [0.15, 0.2) is 0 Å². The van der Waals surface area contributed by atoms with Crippen LogP contribution in [-0.4, -0.2) is 19.8 Å². The number of hydrogen-bond acceptors (Lipinski definition) is 2. The second kappa shape index (κ2) is 1.99. The lowest BCUT2D eigenvalue weighted by atomic mass is 10.3. The van der Waals surface area contributed by atoms with E-state index in [9.17, 15) is 4.39 Å². The van der Waals surface area contributed by atoms with Gasteiger partial charge in [-0.1, -0.05) is 0 Å². The molecule has 1 fully saturated rings. The monoisotopic (exact) mass is 120 g/mol. The lowest BCUT2D eigenvalue weighted by Gasteiger charge is -2.14. The molecule has 0 N–H and O–H groups in total. The first kappa shape index (κ1) is 5.98. The molecule has 8 heavy (non-hydrogen) atoms. The van der Waals surface area contributed by atoms with Crippen LogP contribution in [0.15, 0.2) is 0 Å². The Labute approximate surface area is 47.6 Å². The maximum Gasteiger partial charge on any atom is 0.320 e. The molecule has 0 radical (unpaired) electrons. The van der Waals surface area contributed by atoms with E-state index >= 15 is 0 Å². The molecule has 0 spiro atoms. The standard InChI is InChI=1S/C5H9FO2/c1-7-5(6)3-2-4-8-5/h2-4H2,1H3. The minimum Gasteiger partial charge on any atom is -0.327 e. The average Bonchev–Trinajstić information content (AvgIpc) is 2.17. The van der Waals surface area contributed by atoms with Crippen molar-refractivity contribution in [1.29, 1.82) is 0 Å². The largest absolute Gasteiger partial charge is 0.327 e. The third-order valence-corrected chi connectivity index (χ3v) is 1.24. The van der Waals surface area contributed by atoms with Gasteiger partial charge < -0.3 is 9.47 Å². The summed E-state index contributed by atoms with van der Waals surface area (Å²) in [6.45, 7) is 0.477. The van der Waals surface area contributed by atoms with Crippen molar-refractivity contribution >= 4 is 0 Å². The highest BCUT2D eigenvalue weighted by Crippen LogP contribution is 2.26. The van der Waals surface area contributed by atoms with Crippen molar-refractivity contribution in [2.24, 2.45) is 0 Å². The molecular formula is C5H9FO2. The smallest absolute Gasteiger partial charge is 0.320 e. The molecule has 3 heteroatoms. The predicted molar refractivity (Wildman–Crippen MR) is 26.0 cm³/mol. The van der Waals surface area contributed by atoms with Crippen molar-refractivity contribution in [2.75, 3.05) is 13.7 Å². The molecule has 1 unspecified atom stereocenters. The molecule has 0 amide bonds. The number of methoxy groups -OCH3 is 1. The summed E-state index contributed by atoms with van der Waals surface area (Å²) >= 11 is 0. The highest BCUT2D eigenvalue weighted by Gasteiger charge is 2.34. The fourth-order valence-corrected chi connectivity index (χ4v) is 0.741. The number of alkyl halides is 1. The molecule has 1 atom stereocenters. The molecule has 2 nitrogen and oxygen atoms in total. The van der Waals surface area contributed by atoms with Crippen LogP contribution in [0.2, 0.25) is 0 Å². The summed E-state index contributed by atoms with van der Waals surface area (Å²) in [5.41, 5.74) is 0. The van der Waals surface area contributed by atoms with Gasteiger partial charge in [-0.2, -0.15) is 4.39 Å². The van der Waals surface area contributed by atoms with Crippen LogP contribution in [0.3, 0.4) is 0 Å². The minimum atomic E-state index is -1.76. The summed E-state index contributed by atoms with van der Waals surface area (Å²) < 4.78 is 21.6. The summed E-state index contributed by atoms with van der Waals surface area (Å²) in [7, 11) is 1.31. The van der Waals surface area contributed by atoms with Gasteiger partial charge in [0, 0.05) is 13.5 Å². The molecule has 0 saturated carbocycles. The molecular weight excluding hydrogens is 111 g/mol. The van der Waals surface area contributed by atoms with Gasteiger partial charge in [-0.3, -0.25) is 0 Å². The van der Waals surface area contributed by atoms with E-state index < -0.39 is 6.04 Å². The van der Waals surface area contributed by atoms with Crippen molar-refractivity contribution in [3.05, 3.63) is 0 Å². The van der Waals surface area contributed by atoms with Gasteiger partial charge in [0.05, 0.1) is 6.61 Å². The SMILES string of the molecule is COC1(F)CCCO1. The maximum absolute atomic E-state index is 12.6. The van der Waals surface area contributed by atoms with Gasteiger partial charge in [0.25, 0.3) is 0 Å². The second-order valence-corrected chi connectivity index (χ2v) is 1.82. The highest BCUT2D eigenvalue weighted by molar-refractivity contribution is 4.61. The van der Waals surface area contributed by atoms with Crippen LogP contribution in [-0.2, 0) is 9.47 Å². The number of hydrogen-bond donors (Lipinski definition) is 0. The molecule has 1 aliphatic heterocycles. The van der Waals surface area contributed by atoms with Gasteiger partial charge >= 0.3 is 6.04 Å². The lowest BCUT2D eigenvalue weighted by Crippen LogP contribution is -2.22. The molecule has 0 aromatic rings. The zero-order valence-electron chi connectivity index (χ0n) is 4.82. The first-order chi connectivity index (χ1) is 3.77. The molecule has 1 aliphatic rings. The third kappa shape index (κ3) is 0.980. The van der Waals surface area contributed by atoms with Gasteiger partial charge in [-0.15, -0.1) is 0 Å². The van der Waals surface area contributed by atoms with Gasteiger partial charge in [0.1, 0.15) is 0 Å². The van der Waals surface area contributed by atoms with Crippen molar-refractivity contribution in [3.63, 3.8) is 0 Å². The van der Waals surface area contributed by atoms with Crippen LogP contribution in [0, 0.1) is 0 Å². The zero-order chi connectivity index (χ0) is 6.04. The Bertz CT molecular complexity index is 78.5. The molecule has 0 aromatic heterocycles. The summed E-state index contributed by atoms with van der Waals surface area (Å²) in [5, 5.41) is 0. The number of halogens is 1. The Hall–Kier alpha value is -0.150. The Balaban J connectivity index is 2.40. The van der Waals surface area contributed by atoms with Crippen LogP contribution in [0.4, 0.5) is 4.39 Å². The van der Waals surface area contributed by atoms with Crippen LogP contribution in [0.5, 0.6) is 0 Å². The van der Waals surface area contributed by atoms with Crippen LogP contribution in [0.1, 0.15) is 12.8 Å². The molecule has 0 aliphatic carbocycles. The summed E-state index contributed by atoms with van der Waals surface area (Å²) in [6.07, 6.45) is 1.12. The molecule has 0 bridgehead atoms. The van der Waals surface area contributed by atoms with Gasteiger partial charge in [0.2, 0.25) is 0 Å². The van der Waals surface area contributed by atoms with E-state index in [2.05, 4.69) is 9.47 Å². The van der Waals surface area contributed by atoms with Crippen molar-refractivity contribution in [1.82, 2.24) is 0 Å². The van der Waals surface area contributed by atoms with E-state index in [0.717, 1.165) is 6.42 Å². The van der Waals surface area contributed by atoms with E-state index in [1.54, 1.807) is 0 Å². The van der Waals surface area contributed by atoms with E-state index in [-0.39, 0.29) is 0 Å². The highest BCUT2D eigenvalue weighted by atomic mass is 19.2. The van der Waals surface area contributed by atoms with E-state index in [0.29, 0.717) is 13.0 Å². The Morgan fingerprint density at radius 3 is 2.75 bits per heavy atom. The molecule has 0 aromatic carbocycles. The lowest BCUT2D eigenvalue weighted by molar-refractivity contribution is -0.279. The molecule has 48 valence electrons. The topological polar surface area (TPSA) is 18.5 Å². The number of rotatable bonds is 1. The van der Waals surface area contributed by atoms with Crippen molar-refractivity contribution in [2.45, 2.75) is 18.9 Å². The fourth-order valence-electron chi connectivity index (χ4n) is 0.741. The normalized spacial score (nSPS) is 38.2.